The predicted molar refractivity (Wildman–Crippen MR) is 71.5 cm³/mol. The van der Waals surface area contributed by atoms with Crippen LogP contribution in [-0.4, -0.2) is 33.0 Å². The summed E-state index contributed by atoms with van der Waals surface area (Å²) in [4.78, 5) is 10.0. The van der Waals surface area contributed by atoms with E-state index in [1.165, 1.54) is 12.1 Å². The third-order valence-electron chi connectivity index (χ3n) is 2.74. The highest BCUT2D eigenvalue weighted by Crippen LogP contribution is 2.21. The lowest BCUT2D eigenvalue weighted by molar-refractivity contribution is -0.385. The average molecular weight is 287 g/mol. The normalized spacial score (nSPS) is 13.2. The van der Waals surface area contributed by atoms with Gasteiger partial charge in [-0.3, -0.25) is 10.1 Å². The second kappa shape index (κ2) is 6.09. The number of rotatable bonds is 6. The largest absolute Gasteiger partial charge is 0.316 e. The van der Waals surface area contributed by atoms with Gasteiger partial charge in [0.25, 0.3) is 5.69 Å². The molecule has 19 heavy (non-hydrogen) atoms. The lowest BCUT2D eigenvalue weighted by atomic mass is 10.2. The van der Waals surface area contributed by atoms with Gasteiger partial charge in [0.2, 0.25) is 10.0 Å². The highest BCUT2D eigenvalue weighted by molar-refractivity contribution is 7.89. The Morgan fingerprint density at radius 1 is 1.42 bits per heavy atom. The van der Waals surface area contributed by atoms with Crippen molar-refractivity contribution < 1.29 is 13.3 Å². The van der Waals surface area contributed by atoms with Gasteiger partial charge < -0.3 is 5.32 Å². The molecule has 0 fully saturated rings. The zero-order valence-corrected chi connectivity index (χ0v) is 11.8. The van der Waals surface area contributed by atoms with Gasteiger partial charge in [-0.15, -0.1) is 0 Å². The van der Waals surface area contributed by atoms with Crippen molar-refractivity contribution >= 4 is 15.7 Å². The molecule has 1 unspecified atom stereocenters. The molecule has 1 aromatic rings. The first-order valence-corrected chi connectivity index (χ1v) is 7.18. The first-order chi connectivity index (χ1) is 8.77. The van der Waals surface area contributed by atoms with Gasteiger partial charge in [0.05, 0.1) is 9.82 Å². The van der Waals surface area contributed by atoms with Crippen molar-refractivity contribution in [2.45, 2.75) is 24.8 Å². The summed E-state index contributed by atoms with van der Waals surface area (Å²) in [5.74, 6) is 0. The maximum atomic E-state index is 12.1. The Morgan fingerprint density at radius 2 is 2.05 bits per heavy atom. The Labute approximate surface area is 112 Å². The fraction of sp³-hybridized carbons (Fsp3) is 0.455. The Bertz CT molecular complexity index is 571. The van der Waals surface area contributed by atoms with Crippen LogP contribution in [0.1, 0.15) is 12.5 Å². The number of likely N-dealkylation sites (N-methyl/N-ethyl adjacent to an activating group) is 1. The van der Waals surface area contributed by atoms with Gasteiger partial charge in [0, 0.05) is 24.7 Å². The lowest BCUT2D eigenvalue weighted by Gasteiger charge is -2.13. The van der Waals surface area contributed by atoms with Crippen molar-refractivity contribution in [3.8, 4) is 0 Å². The standard InChI is InChI=1S/C11H17N3O4S/c1-8-4-5-10(14(15)16)6-11(8)19(17,18)13-7-9(2)12-3/h4-6,9,12-13H,7H2,1-3H3. The summed E-state index contributed by atoms with van der Waals surface area (Å²) >= 11 is 0. The van der Waals surface area contributed by atoms with Crippen LogP contribution in [0.15, 0.2) is 23.1 Å². The van der Waals surface area contributed by atoms with E-state index in [-0.39, 0.29) is 23.2 Å². The molecule has 2 N–H and O–H groups in total. The second-order valence-corrected chi connectivity index (χ2v) is 5.98. The number of hydrogen-bond donors (Lipinski definition) is 2. The maximum Gasteiger partial charge on any atom is 0.270 e. The fourth-order valence-electron chi connectivity index (χ4n) is 1.41. The molecule has 0 bridgehead atoms. The number of nitrogens with zero attached hydrogens (tertiary/aromatic N) is 1. The molecular weight excluding hydrogens is 270 g/mol. The van der Waals surface area contributed by atoms with Crippen LogP contribution in [0.5, 0.6) is 0 Å². The van der Waals surface area contributed by atoms with E-state index in [0.717, 1.165) is 6.07 Å². The van der Waals surface area contributed by atoms with E-state index in [1.54, 1.807) is 14.0 Å². The summed E-state index contributed by atoms with van der Waals surface area (Å²) in [5.41, 5.74) is 0.225. The highest BCUT2D eigenvalue weighted by Gasteiger charge is 2.20. The van der Waals surface area contributed by atoms with Gasteiger partial charge in [-0.1, -0.05) is 6.07 Å². The first kappa shape index (κ1) is 15.5. The van der Waals surface area contributed by atoms with Crippen molar-refractivity contribution in [3.63, 3.8) is 0 Å². The molecule has 0 aliphatic rings. The van der Waals surface area contributed by atoms with Crippen LogP contribution in [0.25, 0.3) is 0 Å². The highest BCUT2D eigenvalue weighted by atomic mass is 32.2. The molecule has 0 amide bonds. The third kappa shape index (κ3) is 3.98. The van der Waals surface area contributed by atoms with Gasteiger partial charge in [-0.2, -0.15) is 0 Å². The fourth-order valence-corrected chi connectivity index (χ4v) is 2.80. The topological polar surface area (TPSA) is 101 Å². The summed E-state index contributed by atoms with van der Waals surface area (Å²) in [6.07, 6.45) is 0. The minimum absolute atomic E-state index is 0.0335. The molecule has 1 rings (SSSR count). The SMILES string of the molecule is CNC(C)CNS(=O)(=O)c1cc([N+](=O)[O-])ccc1C. The van der Waals surface area contributed by atoms with E-state index < -0.39 is 14.9 Å². The number of nitro groups is 1. The molecule has 106 valence electrons. The molecule has 1 atom stereocenters. The van der Waals surface area contributed by atoms with Crippen LogP contribution in [0, 0.1) is 17.0 Å². The predicted octanol–water partition coefficient (Wildman–Crippen LogP) is 0.789. The van der Waals surface area contributed by atoms with Crippen LogP contribution >= 0.6 is 0 Å². The van der Waals surface area contributed by atoms with Gasteiger partial charge in [-0.25, -0.2) is 13.1 Å². The summed E-state index contributed by atoms with van der Waals surface area (Å²) in [6.45, 7) is 3.63. The summed E-state index contributed by atoms with van der Waals surface area (Å²) in [7, 11) is -2.03. The Morgan fingerprint density at radius 3 is 2.58 bits per heavy atom. The van der Waals surface area contributed by atoms with E-state index in [0.29, 0.717) is 5.56 Å². The van der Waals surface area contributed by atoms with Crippen molar-refractivity contribution in [2.75, 3.05) is 13.6 Å². The van der Waals surface area contributed by atoms with E-state index in [4.69, 9.17) is 0 Å². The van der Waals surface area contributed by atoms with Crippen molar-refractivity contribution in [1.29, 1.82) is 0 Å². The first-order valence-electron chi connectivity index (χ1n) is 5.70. The molecule has 0 heterocycles. The number of nitro benzene ring substituents is 1. The minimum Gasteiger partial charge on any atom is -0.316 e. The van der Waals surface area contributed by atoms with Gasteiger partial charge in [-0.05, 0) is 26.5 Å². The van der Waals surface area contributed by atoms with Gasteiger partial charge >= 0.3 is 0 Å². The van der Waals surface area contributed by atoms with E-state index >= 15 is 0 Å². The Hall–Kier alpha value is -1.51. The molecule has 0 aromatic heterocycles. The van der Waals surface area contributed by atoms with E-state index in [1.807, 2.05) is 6.92 Å². The van der Waals surface area contributed by atoms with Crippen LogP contribution in [0.3, 0.4) is 0 Å². The number of nitrogens with one attached hydrogen (secondary N) is 2. The zero-order valence-electron chi connectivity index (χ0n) is 11.0. The molecule has 0 radical (unpaired) electrons. The van der Waals surface area contributed by atoms with Crippen LogP contribution < -0.4 is 10.0 Å². The molecular formula is C11H17N3O4S. The molecule has 8 heteroatoms. The van der Waals surface area contributed by atoms with Gasteiger partial charge in [0.15, 0.2) is 0 Å². The molecule has 0 saturated heterocycles. The van der Waals surface area contributed by atoms with E-state index in [9.17, 15) is 18.5 Å². The number of hydrogen-bond acceptors (Lipinski definition) is 5. The Kier molecular flexibility index (Phi) is 4.98. The molecule has 0 aliphatic carbocycles. The van der Waals surface area contributed by atoms with Crippen LogP contribution in [0.2, 0.25) is 0 Å². The van der Waals surface area contributed by atoms with Crippen LogP contribution in [-0.2, 0) is 10.0 Å². The number of non-ortho nitro benzene ring substituents is 1. The maximum absolute atomic E-state index is 12.1. The van der Waals surface area contributed by atoms with Gasteiger partial charge in [0.1, 0.15) is 0 Å². The van der Waals surface area contributed by atoms with Crippen molar-refractivity contribution in [3.05, 3.63) is 33.9 Å². The summed E-state index contributed by atoms with van der Waals surface area (Å²) < 4.78 is 26.6. The molecule has 0 saturated carbocycles. The minimum atomic E-state index is -3.75. The number of sulfonamides is 1. The third-order valence-corrected chi connectivity index (χ3v) is 4.31. The Balaban J connectivity index is 3.06. The van der Waals surface area contributed by atoms with Crippen molar-refractivity contribution in [1.82, 2.24) is 10.0 Å². The smallest absolute Gasteiger partial charge is 0.270 e. The molecule has 7 nitrogen and oxygen atoms in total. The lowest BCUT2D eigenvalue weighted by Crippen LogP contribution is -2.37. The zero-order chi connectivity index (χ0) is 14.6. The van der Waals surface area contributed by atoms with Crippen LogP contribution in [0.4, 0.5) is 5.69 Å². The molecule has 0 aliphatic heterocycles. The quantitative estimate of drug-likeness (QED) is 0.595. The summed E-state index contributed by atoms with van der Waals surface area (Å²) in [6, 6.07) is 3.74. The molecule has 1 aromatic carbocycles. The van der Waals surface area contributed by atoms with E-state index in [2.05, 4.69) is 10.0 Å². The monoisotopic (exact) mass is 287 g/mol. The van der Waals surface area contributed by atoms with Crippen molar-refractivity contribution in [2.24, 2.45) is 0 Å². The average Bonchev–Trinajstić information content (AvgIpc) is 2.36. The molecule has 0 spiro atoms. The number of benzene rings is 1. The second-order valence-electron chi connectivity index (χ2n) is 4.25. The number of aryl methyl sites for hydroxylation is 1. The summed E-state index contributed by atoms with van der Waals surface area (Å²) in [5, 5.41) is 13.6.